The van der Waals surface area contributed by atoms with Gasteiger partial charge in [0.1, 0.15) is 18.4 Å². The number of nitrogens with one attached hydrogen (secondary N) is 1. The summed E-state index contributed by atoms with van der Waals surface area (Å²) in [6, 6.07) is 0. The third kappa shape index (κ3) is 9.74. The maximum absolute atomic E-state index is 12.3. The molecule has 2 N–H and O–H groups in total. The van der Waals surface area contributed by atoms with E-state index in [2.05, 4.69) is 11.9 Å². The van der Waals surface area contributed by atoms with Crippen LogP contribution in [0.25, 0.3) is 0 Å². The van der Waals surface area contributed by atoms with Gasteiger partial charge in [0.15, 0.2) is 0 Å². The lowest BCUT2D eigenvalue weighted by Gasteiger charge is -2.16. The fourth-order valence-corrected chi connectivity index (χ4v) is 4.47. The van der Waals surface area contributed by atoms with Gasteiger partial charge in [-0.05, 0) is 13.3 Å². The highest BCUT2D eigenvalue weighted by Crippen LogP contribution is 2.30. The lowest BCUT2D eigenvalue weighted by molar-refractivity contribution is -0.153. The molecule has 0 bridgehead atoms. The Labute approximate surface area is 203 Å². The van der Waals surface area contributed by atoms with E-state index in [0.29, 0.717) is 12.0 Å². The fraction of sp³-hybridized carbons (Fsp3) is 0.808. The standard InChI is InChI=1S/C26H44N2O6/c1-3-4-5-6-7-8-9-10-11-12-13-14-15-16-24(30)34-21-17-23(33-22(21)19-29)28-18-20(2)25(31)27-26(28)32/h18,21-23,29H,3-17,19H2,1-2H3,(H,27,31,32)/t21-,22+,23-/m1/s1. The Morgan fingerprint density at radius 2 is 1.59 bits per heavy atom. The largest absolute Gasteiger partial charge is 0.459 e. The van der Waals surface area contributed by atoms with Crippen molar-refractivity contribution in [1.82, 2.24) is 9.55 Å². The third-order valence-corrected chi connectivity index (χ3v) is 6.58. The molecule has 8 heteroatoms. The molecule has 2 heterocycles. The van der Waals surface area contributed by atoms with E-state index in [1.54, 1.807) is 6.92 Å². The first-order valence-corrected chi connectivity index (χ1v) is 13.2. The van der Waals surface area contributed by atoms with E-state index in [0.717, 1.165) is 19.3 Å². The molecule has 1 aromatic heterocycles. The number of nitrogens with zero attached hydrogens (tertiary/aromatic N) is 1. The van der Waals surface area contributed by atoms with Crippen molar-refractivity contribution in [2.75, 3.05) is 6.61 Å². The molecule has 1 aromatic rings. The van der Waals surface area contributed by atoms with E-state index < -0.39 is 29.7 Å². The normalized spacial score (nSPS) is 20.0. The highest BCUT2D eigenvalue weighted by molar-refractivity contribution is 5.69. The zero-order valence-electron chi connectivity index (χ0n) is 21.1. The Balaban J connectivity index is 1.59. The van der Waals surface area contributed by atoms with Gasteiger partial charge in [0.05, 0.1) is 6.61 Å². The van der Waals surface area contributed by atoms with Crippen LogP contribution in [0.3, 0.4) is 0 Å². The average Bonchev–Trinajstić information content (AvgIpc) is 3.21. The molecule has 0 spiro atoms. The van der Waals surface area contributed by atoms with Crippen molar-refractivity contribution < 1.29 is 19.4 Å². The molecule has 0 unspecified atom stereocenters. The Hall–Kier alpha value is -1.93. The summed E-state index contributed by atoms with van der Waals surface area (Å²) < 4.78 is 12.6. The zero-order chi connectivity index (χ0) is 24.8. The second kappa shape index (κ2) is 15.9. The van der Waals surface area contributed by atoms with Gasteiger partial charge < -0.3 is 14.6 Å². The number of aryl methyl sites for hydroxylation is 1. The quantitative estimate of drug-likeness (QED) is 0.251. The van der Waals surface area contributed by atoms with E-state index in [1.165, 1.54) is 75.0 Å². The second-order valence-electron chi connectivity index (χ2n) is 9.55. The van der Waals surface area contributed by atoms with Crippen molar-refractivity contribution in [2.45, 2.75) is 129 Å². The molecule has 0 amide bonds. The van der Waals surface area contributed by atoms with Gasteiger partial charge in [-0.15, -0.1) is 0 Å². The summed E-state index contributed by atoms with van der Waals surface area (Å²) in [6.07, 6.45) is 16.2. The molecule has 1 fully saturated rings. The number of unbranched alkanes of at least 4 members (excludes halogenated alkanes) is 12. The number of H-pyrrole nitrogens is 1. The Kier molecular flexibility index (Phi) is 13.2. The third-order valence-electron chi connectivity index (χ3n) is 6.58. The number of carbonyl (C=O) groups is 1. The van der Waals surface area contributed by atoms with Crippen molar-refractivity contribution in [3.05, 3.63) is 32.6 Å². The summed E-state index contributed by atoms with van der Waals surface area (Å²) in [5.41, 5.74) is -0.651. The minimum atomic E-state index is -0.700. The maximum atomic E-state index is 12.3. The molecule has 1 aliphatic rings. The highest BCUT2D eigenvalue weighted by atomic mass is 16.6. The summed E-state index contributed by atoms with van der Waals surface area (Å²) in [7, 11) is 0. The molecule has 2 rings (SSSR count). The van der Waals surface area contributed by atoms with E-state index in [-0.39, 0.29) is 19.0 Å². The zero-order valence-corrected chi connectivity index (χ0v) is 21.1. The van der Waals surface area contributed by atoms with Crippen LogP contribution < -0.4 is 11.2 Å². The summed E-state index contributed by atoms with van der Waals surface area (Å²) >= 11 is 0. The average molecular weight is 481 g/mol. The smallest absolute Gasteiger partial charge is 0.330 e. The molecule has 34 heavy (non-hydrogen) atoms. The van der Waals surface area contributed by atoms with E-state index in [9.17, 15) is 19.5 Å². The van der Waals surface area contributed by atoms with Gasteiger partial charge in [0.25, 0.3) is 5.56 Å². The van der Waals surface area contributed by atoms with Gasteiger partial charge in [0, 0.05) is 24.6 Å². The molecule has 0 saturated carbocycles. The topological polar surface area (TPSA) is 111 Å². The van der Waals surface area contributed by atoms with E-state index in [4.69, 9.17) is 9.47 Å². The first-order chi connectivity index (χ1) is 16.5. The molecule has 1 saturated heterocycles. The Bertz CT molecular complexity index is 833. The molecule has 194 valence electrons. The van der Waals surface area contributed by atoms with E-state index in [1.807, 2.05) is 0 Å². The minimum absolute atomic E-state index is 0.251. The first kappa shape index (κ1) is 28.3. The summed E-state index contributed by atoms with van der Waals surface area (Å²) in [4.78, 5) is 38.2. The van der Waals surface area contributed by atoms with Crippen LogP contribution in [0.2, 0.25) is 0 Å². The van der Waals surface area contributed by atoms with Crippen molar-refractivity contribution in [1.29, 1.82) is 0 Å². The van der Waals surface area contributed by atoms with Crippen molar-refractivity contribution in [3.8, 4) is 0 Å². The van der Waals surface area contributed by atoms with Crippen molar-refractivity contribution in [3.63, 3.8) is 0 Å². The predicted octanol–water partition coefficient (Wildman–Crippen LogP) is 4.52. The minimum Gasteiger partial charge on any atom is -0.459 e. The summed E-state index contributed by atoms with van der Waals surface area (Å²) in [5, 5.41) is 9.62. The van der Waals surface area contributed by atoms with Crippen LogP contribution in [0.1, 0.15) is 115 Å². The number of hydrogen-bond donors (Lipinski definition) is 2. The molecular formula is C26H44N2O6. The predicted molar refractivity (Wildman–Crippen MR) is 132 cm³/mol. The van der Waals surface area contributed by atoms with Crippen LogP contribution >= 0.6 is 0 Å². The molecular weight excluding hydrogens is 436 g/mol. The molecule has 8 nitrogen and oxygen atoms in total. The van der Waals surface area contributed by atoms with Gasteiger partial charge >= 0.3 is 11.7 Å². The molecule has 0 aliphatic carbocycles. The first-order valence-electron chi connectivity index (χ1n) is 13.2. The van der Waals surface area contributed by atoms with Crippen LogP contribution in [0.4, 0.5) is 0 Å². The van der Waals surface area contributed by atoms with Crippen molar-refractivity contribution >= 4 is 5.97 Å². The second-order valence-corrected chi connectivity index (χ2v) is 9.55. The van der Waals surface area contributed by atoms with Crippen LogP contribution in [0.15, 0.2) is 15.8 Å². The number of hydrogen-bond acceptors (Lipinski definition) is 6. The number of rotatable bonds is 17. The van der Waals surface area contributed by atoms with Gasteiger partial charge in [-0.25, -0.2) is 4.79 Å². The van der Waals surface area contributed by atoms with Crippen LogP contribution in [-0.4, -0.2) is 39.4 Å². The Morgan fingerprint density at radius 1 is 1.03 bits per heavy atom. The summed E-state index contributed by atoms with van der Waals surface area (Å²) in [5.74, 6) is -0.305. The monoisotopic (exact) mass is 480 g/mol. The maximum Gasteiger partial charge on any atom is 0.330 e. The number of esters is 1. The van der Waals surface area contributed by atoms with Crippen LogP contribution in [0, 0.1) is 6.92 Å². The molecule has 1 aliphatic heterocycles. The van der Waals surface area contributed by atoms with Gasteiger partial charge in [-0.2, -0.15) is 0 Å². The molecule has 0 radical (unpaired) electrons. The number of aromatic amines is 1. The molecule has 3 atom stereocenters. The molecule has 0 aromatic carbocycles. The fourth-order valence-electron chi connectivity index (χ4n) is 4.47. The number of aliphatic hydroxyl groups is 1. The van der Waals surface area contributed by atoms with Gasteiger partial charge in [-0.3, -0.25) is 19.1 Å². The van der Waals surface area contributed by atoms with E-state index >= 15 is 0 Å². The number of ether oxygens (including phenoxy) is 2. The number of aliphatic hydroxyl groups excluding tert-OH is 1. The number of carbonyl (C=O) groups excluding carboxylic acids is 1. The number of aromatic nitrogens is 2. The Morgan fingerprint density at radius 3 is 2.15 bits per heavy atom. The SMILES string of the molecule is CCCCCCCCCCCCCCCC(=O)O[C@@H]1C[C@H](n2cc(C)c(=O)[nH]c2=O)O[C@H]1CO. The van der Waals surface area contributed by atoms with Crippen LogP contribution in [-0.2, 0) is 14.3 Å². The summed E-state index contributed by atoms with van der Waals surface area (Å²) in [6.45, 7) is 3.53. The highest BCUT2D eigenvalue weighted by Gasteiger charge is 2.38. The lowest BCUT2D eigenvalue weighted by atomic mass is 10.0. The van der Waals surface area contributed by atoms with Gasteiger partial charge in [-0.1, -0.05) is 84.0 Å². The van der Waals surface area contributed by atoms with Gasteiger partial charge in [0.2, 0.25) is 0 Å². The van der Waals surface area contributed by atoms with Crippen molar-refractivity contribution in [2.24, 2.45) is 0 Å². The van der Waals surface area contributed by atoms with Crippen LogP contribution in [0.5, 0.6) is 0 Å². The lowest BCUT2D eigenvalue weighted by Crippen LogP contribution is -2.33.